The monoisotopic (exact) mass is 763 g/mol. The third-order valence-electron chi connectivity index (χ3n) is 11.1. The maximum absolute atomic E-state index is 13.9. The standard InChI is InChI=1S/C42H49N7O7/c1-22(2)35(47-40(52)54-6)39(51)49-19-23(20-50)14-33(49)38-44-30-12-10-24-16-29-27-11-9-25(15-26(27)21-55-34(29)17-28(24)36(30)46-38)31-18-43-37(45-31)32-8-7-13-48(32)41(53)56-42(3,4)5/h9-12,15-18,22-23,32-33,35,50H,7-8,13-14,19-21H2,1-6H3,(H,43,45)(H,44,46)(H,47,52)/t23-,32-,33-,35-/m0/s1. The second kappa shape index (κ2) is 14.5. The van der Waals surface area contributed by atoms with Gasteiger partial charge in [-0.2, -0.15) is 0 Å². The largest absolute Gasteiger partial charge is 0.488 e. The Morgan fingerprint density at radius 2 is 1.86 bits per heavy atom. The molecular weight excluding hydrogens is 715 g/mol. The molecule has 5 heterocycles. The molecule has 0 spiro atoms. The van der Waals surface area contributed by atoms with Gasteiger partial charge in [0.2, 0.25) is 5.91 Å². The van der Waals surface area contributed by atoms with E-state index in [1.807, 2.05) is 59.0 Å². The number of carbonyl (C=O) groups excluding carboxylic acids is 3. The number of aliphatic hydroxyl groups excluding tert-OH is 1. The van der Waals surface area contributed by atoms with Gasteiger partial charge >= 0.3 is 12.2 Å². The Morgan fingerprint density at radius 1 is 1.04 bits per heavy atom. The first-order valence-corrected chi connectivity index (χ1v) is 19.3. The van der Waals surface area contributed by atoms with E-state index in [4.69, 9.17) is 24.2 Å². The number of aromatic amines is 2. The number of hydrogen-bond acceptors (Lipinski definition) is 9. The number of alkyl carbamates (subject to hydrolysis) is 1. The fourth-order valence-electron chi connectivity index (χ4n) is 8.32. The van der Waals surface area contributed by atoms with Crippen molar-refractivity contribution < 1.29 is 33.7 Å². The highest BCUT2D eigenvalue weighted by atomic mass is 16.6. The van der Waals surface area contributed by atoms with Crippen molar-refractivity contribution in [3.63, 3.8) is 0 Å². The van der Waals surface area contributed by atoms with Gasteiger partial charge in [-0.15, -0.1) is 0 Å². The number of fused-ring (bicyclic) bond motifs is 6. The van der Waals surface area contributed by atoms with E-state index in [1.54, 1.807) is 9.80 Å². The summed E-state index contributed by atoms with van der Waals surface area (Å²) in [6.07, 6.45) is 3.07. The van der Waals surface area contributed by atoms with Crippen molar-refractivity contribution in [2.45, 2.75) is 84.2 Å². The van der Waals surface area contributed by atoms with Crippen molar-refractivity contribution in [2.75, 3.05) is 26.8 Å². The average molecular weight is 764 g/mol. The average Bonchev–Trinajstić information content (AvgIpc) is 4.00. The summed E-state index contributed by atoms with van der Waals surface area (Å²) in [6, 6.07) is 13.2. The maximum atomic E-state index is 13.9. The number of aliphatic hydroxyl groups is 1. The third-order valence-corrected chi connectivity index (χ3v) is 11.1. The van der Waals surface area contributed by atoms with Gasteiger partial charge in [-0.05, 0) is 92.3 Å². The second-order valence-electron chi connectivity index (χ2n) is 16.5. The number of carbonyl (C=O) groups is 3. The van der Waals surface area contributed by atoms with Crippen LogP contribution in [0.25, 0.3) is 44.2 Å². The first-order valence-electron chi connectivity index (χ1n) is 19.3. The number of hydrogen-bond donors (Lipinski definition) is 4. The molecule has 0 saturated carbocycles. The lowest BCUT2D eigenvalue weighted by atomic mass is 9.92. The molecule has 56 heavy (non-hydrogen) atoms. The maximum Gasteiger partial charge on any atom is 0.410 e. The van der Waals surface area contributed by atoms with Crippen LogP contribution in [0.4, 0.5) is 9.59 Å². The van der Waals surface area contributed by atoms with Crippen molar-refractivity contribution in [3.05, 3.63) is 65.9 Å². The Balaban J connectivity index is 1.06. The van der Waals surface area contributed by atoms with Crippen LogP contribution < -0.4 is 10.1 Å². The van der Waals surface area contributed by atoms with Gasteiger partial charge in [0.05, 0.1) is 42.1 Å². The fourth-order valence-corrected chi connectivity index (χ4v) is 8.32. The van der Waals surface area contributed by atoms with E-state index in [0.717, 1.165) is 74.2 Å². The first kappa shape index (κ1) is 37.3. The normalized spacial score (nSPS) is 19.9. The van der Waals surface area contributed by atoms with E-state index < -0.39 is 23.8 Å². The number of likely N-dealkylation sites (tertiary alicyclic amines) is 2. The van der Waals surface area contributed by atoms with Crippen LogP contribution in [0.3, 0.4) is 0 Å². The van der Waals surface area contributed by atoms with Crippen molar-refractivity contribution >= 4 is 39.9 Å². The molecule has 3 aliphatic rings. The molecule has 8 rings (SSSR count). The molecule has 2 aromatic heterocycles. The third kappa shape index (κ3) is 6.91. The molecule has 294 valence electrons. The molecule has 0 aliphatic carbocycles. The number of ether oxygens (including phenoxy) is 3. The number of nitrogens with one attached hydrogen (secondary N) is 3. The van der Waals surface area contributed by atoms with Gasteiger partial charge in [0.1, 0.15) is 35.6 Å². The number of methoxy groups -OCH3 is 1. The summed E-state index contributed by atoms with van der Waals surface area (Å²) in [5.74, 6) is 1.59. The zero-order chi connectivity index (χ0) is 39.5. The number of amides is 3. The Labute approximate surface area is 324 Å². The van der Waals surface area contributed by atoms with Gasteiger partial charge in [-0.25, -0.2) is 19.6 Å². The Bertz CT molecular complexity index is 2330. The van der Waals surface area contributed by atoms with Crippen LogP contribution in [0.5, 0.6) is 5.75 Å². The minimum atomic E-state index is -0.791. The molecule has 0 bridgehead atoms. The zero-order valence-corrected chi connectivity index (χ0v) is 32.6. The molecule has 4 N–H and O–H groups in total. The molecule has 14 heteroatoms. The van der Waals surface area contributed by atoms with E-state index in [-0.39, 0.29) is 36.5 Å². The minimum absolute atomic E-state index is 0.0648. The lowest BCUT2D eigenvalue weighted by molar-refractivity contribution is -0.135. The summed E-state index contributed by atoms with van der Waals surface area (Å²) in [4.78, 5) is 59.1. The molecule has 2 fully saturated rings. The molecule has 4 atom stereocenters. The molecule has 0 unspecified atom stereocenters. The van der Waals surface area contributed by atoms with Gasteiger partial charge in [0, 0.05) is 36.6 Å². The highest BCUT2D eigenvalue weighted by Gasteiger charge is 2.41. The summed E-state index contributed by atoms with van der Waals surface area (Å²) >= 11 is 0. The first-order chi connectivity index (χ1) is 26.8. The number of imidazole rings is 2. The number of H-pyrrole nitrogens is 2. The van der Waals surface area contributed by atoms with Crippen LogP contribution in [0.15, 0.2) is 48.7 Å². The molecule has 3 amide bonds. The van der Waals surface area contributed by atoms with Crippen molar-refractivity contribution in [1.29, 1.82) is 0 Å². The highest BCUT2D eigenvalue weighted by Crippen LogP contribution is 2.44. The Hall–Kier alpha value is -5.63. The predicted molar refractivity (Wildman–Crippen MR) is 210 cm³/mol. The highest BCUT2D eigenvalue weighted by molar-refractivity contribution is 6.07. The topological polar surface area (TPSA) is 175 Å². The van der Waals surface area contributed by atoms with Crippen LogP contribution in [0, 0.1) is 11.8 Å². The van der Waals surface area contributed by atoms with E-state index in [1.165, 1.54) is 7.11 Å². The predicted octanol–water partition coefficient (Wildman–Crippen LogP) is 7.00. The van der Waals surface area contributed by atoms with E-state index in [9.17, 15) is 19.5 Å². The summed E-state index contributed by atoms with van der Waals surface area (Å²) in [5.41, 5.74) is 6.00. The zero-order valence-electron chi connectivity index (χ0n) is 32.6. The van der Waals surface area contributed by atoms with Gasteiger partial charge in [-0.3, -0.25) is 9.69 Å². The van der Waals surface area contributed by atoms with Crippen LogP contribution in [0.2, 0.25) is 0 Å². The molecule has 3 aliphatic heterocycles. The smallest absolute Gasteiger partial charge is 0.410 e. The lowest BCUT2D eigenvalue weighted by Gasteiger charge is -2.30. The van der Waals surface area contributed by atoms with Crippen LogP contribution in [-0.2, 0) is 20.9 Å². The van der Waals surface area contributed by atoms with Crippen molar-refractivity contribution in [1.82, 2.24) is 35.1 Å². The number of rotatable bonds is 7. The van der Waals surface area contributed by atoms with Gasteiger partial charge < -0.3 is 39.5 Å². The van der Waals surface area contributed by atoms with E-state index in [0.29, 0.717) is 31.9 Å². The quantitative estimate of drug-likeness (QED) is 0.136. The SMILES string of the molecule is COC(=O)N[C@H](C(=O)N1C[C@@H](CO)C[C@H]1c1nc2ccc3cc4c(cc3c2[nH]1)OCc1cc(-c2cnc([C@@H]3CCCN3C(=O)OC(C)(C)C)[nH]2)ccc1-4)C(C)C. The molecule has 5 aromatic rings. The summed E-state index contributed by atoms with van der Waals surface area (Å²) in [5, 5.41) is 14.7. The van der Waals surface area contributed by atoms with Crippen LogP contribution in [0.1, 0.15) is 83.2 Å². The molecule has 3 aromatic carbocycles. The van der Waals surface area contributed by atoms with Crippen LogP contribution >= 0.6 is 0 Å². The van der Waals surface area contributed by atoms with Crippen molar-refractivity contribution in [3.8, 4) is 28.1 Å². The van der Waals surface area contributed by atoms with Crippen molar-refractivity contribution in [2.24, 2.45) is 11.8 Å². The summed E-state index contributed by atoms with van der Waals surface area (Å²) in [6.45, 7) is 10.7. The number of nitrogens with zero attached hydrogens (tertiary/aromatic N) is 4. The lowest BCUT2D eigenvalue weighted by Crippen LogP contribution is -2.51. The van der Waals surface area contributed by atoms with Gasteiger partial charge in [0.25, 0.3) is 0 Å². The summed E-state index contributed by atoms with van der Waals surface area (Å²) < 4.78 is 16.8. The van der Waals surface area contributed by atoms with Gasteiger partial charge in [0.15, 0.2) is 0 Å². The second-order valence-corrected chi connectivity index (χ2v) is 16.5. The molecule has 2 saturated heterocycles. The van der Waals surface area contributed by atoms with E-state index >= 15 is 0 Å². The Kier molecular flexibility index (Phi) is 9.63. The molecule has 14 nitrogen and oxygen atoms in total. The minimum Gasteiger partial charge on any atom is -0.488 e. The number of aromatic nitrogens is 4. The molecule has 0 radical (unpaired) electrons. The Morgan fingerprint density at radius 3 is 2.61 bits per heavy atom. The fraction of sp³-hybridized carbons (Fsp3) is 0.452. The van der Waals surface area contributed by atoms with Crippen LogP contribution in [-0.4, -0.2) is 91.4 Å². The van der Waals surface area contributed by atoms with E-state index in [2.05, 4.69) is 39.6 Å². The summed E-state index contributed by atoms with van der Waals surface area (Å²) in [7, 11) is 1.27. The van der Waals surface area contributed by atoms with Gasteiger partial charge in [-0.1, -0.05) is 32.0 Å². The number of benzene rings is 3. The molecular formula is C42H49N7O7.